The smallest absolute Gasteiger partial charge is 0.0508 e. The van der Waals surface area contributed by atoms with E-state index < -0.39 is 0 Å². The molecule has 1 fully saturated rings. The molecule has 2 heteroatoms. The number of alkyl halides is 1. The highest BCUT2D eigenvalue weighted by Gasteiger charge is 2.23. The van der Waals surface area contributed by atoms with E-state index in [0.29, 0.717) is 10.7 Å². The average Bonchev–Trinajstić information content (AvgIpc) is 2.24. The summed E-state index contributed by atoms with van der Waals surface area (Å²) >= 11 is 3.76. The molecule has 2 atom stereocenters. The Hall–Kier alpha value is -0.340. The lowest BCUT2D eigenvalue weighted by Crippen LogP contribution is -2.29. The Kier molecular flexibility index (Phi) is 3.81. The Morgan fingerprint density at radius 3 is 2.93 bits per heavy atom. The summed E-state index contributed by atoms with van der Waals surface area (Å²) in [7, 11) is 0. The second-order valence-corrected chi connectivity index (χ2v) is 5.45. The molecule has 1 aliphatic heterocycles. The van der Waals surface area contributed by atoms with E-state index in [2.05, 4.69) is 47.1 Å². The van der Waals surface area contributed by atoms with Gasteiger partial charge in [0.15, 0.2) is 0 Å². The summed E-state index contributed by atoms with van der Waals surface area (Å²) in [5.41, 5.74) is 2.85. The van der Waals surface area contributed by atoms with Crippen LogP contribution in [0.1, 0.15) is 17.5 Å². The van der Waals surface area contributed by atoms with Crippen molar-refractivity contribution in [2.75, 3.05) is 13.2 Å². The van der Waals surface area contributed by atoms with E-state index in [1.807, 2.05) is 0 Å². The van der Waals surface area contributed by atoms with E-state index in [-0.39, 0.29) is 0 Å². The molecule has 1 saturated heterocycles. The van der Waals surface area contributed by atoms with Crippen molar-refractivity contribution in [3.8, 4) is 0 Å². The maximum atomic E-state index is 5.53. The first-order valence-corrected chi connectivity index (χ1v) is 6.45. The zero-order valence-electron chi connectivity index (χ0n) is 9.08. The Balaban J connectivity index is 2.04. The normalized spacial score (nSPS) is 26.5. The van der Waals surface area contributed by atoms with E-state index in [9.17, 15) is 0 Å². The van der Waals surface area contributed by atoms with E-state index >= 15 is 0 Å². The van der Waals surface area contributed by atoms with Gasteiger partial charge in [-0.15, -0.1) is 0 Å². The number of ether oxygens (including phenoxy) is 1. The maximum absolute atomic E-state index is 5.53. The van der Waals surface area contributed by atoms with Crippen LogP contribution in [-0.4, -0.2) is 18.0 Å². The quantitative estimate of drug-likeness (QED) is 0.748. The fourth-order valence-corrected chi connectivity index (χ4v) is 2.61. The molecule has 0 amide bonds. The van der Waals surface area contributed by atoms with Crippen molar-refractivity contribution in [3.05, 3.63) is 35.4 Å². The number of hydrogen-bond donors (Lipinski definition) is 0. The van der Waals surface area contributed by atoms with Crippen molar-refractivity contribution in [2.24, 2.45) is 5.92 Å². The van der Waals surface area contributed by atoms with Gasteiger partial charge in [0.25, 0.3) is 0 Å². The molecule has 0 saturated carbocycles. The highest BCUT2D eigenvalue weighted by atomic mass is 79.9. The van der Waals surface area contributed by atoms with Crippen LogP contribution in [0.15, 0.2) is 24.3 Å². The van der Waals surface area contributed by atoms with Gasteiger partial charge in [-0.2, -0.15) is 0 Å². The third kappa shape index (κ3) is 2.82. The minimum Gasteiger partial charge on any atom is -0.381 e. The molecule has 0 aromatic heterocycles. The first-order valence-electron chi connectivity index (χ1n) is 5.53. The molecule has 0 radical (unpaired) electrons. The second-order valence-electron chi connectivity index (χ2n) is 4.27. The number of halogens is 1. The fourth-order valence-electron chi connectivity index (χ4n) is 2.08. The van der Waals surface area contributed by atoms with E-state index in [1.54, 1.807) is 0 Å². The minimum atomic E-state index is 0.617. The van der Waals surface area contributed by atoms with Crippen molar-refractivity contribution < 1.29 is 4.74 Å². The average molecular weight is 269 g/mol. The lowest BCUT2D eigenvalue weighted by molar-refractivity contribution is 0.0605. The number of hydrogen-bond acceptors (Lipinski definition) is 1. The molecule has 1 aromatic carbocycles. The van der Waals surface area contributed by atoms with E-state index in [0.717, 1.165) is 26.1 Å². The molecule has 1 aromatic rings. The Bertz CT molecular complexity index is 324. The van der Waals surface area contributed by atoms with E-state index in [1.165, 1.54) is 11.1 Å². The van der Waals surface area contributed by atoms with Crippen LogP contribution in [0.5, 0.6) is 0 Å². The maximum Gasteiger partial charge on any atom is 0.0508 e. The number of aryl methyl sites for hydroxylation is 1. The topological polar surface area (TPSA) is 9.23 Å². The lowest BCUT2D eigenvalue weighted by atomic mass is 9.92. The summed E-state index contributed by atoms with van der Waals surface area (Å²) in [6.07, 6.45) is 2.26. The Labute approximate surface area is 100.0 Å². The predicted molar refractivity (Wildman–Crippen MR) is 66.5 cm³/mol. The van der Waals surface area contributed by atoms with Crippen LogP contribution < -0.4 is 0 Å². The van der Waals surface area contributed by atoms with Gasteiger partial charge >= 0.3 is 0 Å². The molecule has 0 aliphatic carbocycles. The number of rotatable bonds is 2. The summed E-state index contributed by atoms with van der Waals surface area (Å²) in [6, 6.07) is 8.63. The monoisotopic (exact) mass is 268 g/mol. The summed E-state index contributed by atoms with van der Waals surface area (Å²) in [6.45, 7) is 3.98. The van der Waals surface area contributed by atoms with Gasteiger partial charge in [-0.1, -0.05) is 40.2 Å². The van der Waals surface area contributed by atoms with Gasteiger partial charge in [0.1, 0.15) is 0 Å². The Morgan fingerprint density at radius 2 is 2.20 bits per heavy atom. The van der Waals surface area contributed by atoms with Crippen LogP contribution in [0.3, 0.4) is 0 Å². The molecule has 1 aliphatic rings. The van der Waals surface area contributed by atoms with Crippen LogP contribution in [0.4, 0.5) is 0 Å². The van der Waals surface area contributed by atoms with Gasteiger partial charge in [0.05, 0.1) is 6.61 Å². The molecule has 15 heavy (non-hydrogen) atoms. The molecule has 2 rings (SSSR count). The van der Waals surface area contributed by atoms with Crippen molar-refractivity contribution in [3.63, 3.8) is 0 Å². The molecule has 0 bridgehead atoms. The lowest BCUT2D eigenvalue weighted by Gasteiger charge is -2.28. The third-order valence-electron chi connectivity index (χ3n) is 3.12. The summed E-state index contributed by atoms with van der Waals surface area (Å²) in [5.74, 6) is 0.625. The zero-order chi connectivity index (χ0) is 10.7. The molecule has 0 N–H and O–H groups in total. The summed E-state index contributed by atoms with van der Waals surface area (Å²) in [5, 5.41) is 0. The molecule has 2 unspecified atom stereocenters. The van der Waals surface area contributed by atoms with Gasteiger partial charge < -0.3 is 4.74 Å². The standard InChI is InChI=1S/C13H17BrO/c1-10-4-2-3-5-11(10)8-12-9-15-7-6-13(12)14/h2-5,12-13H,6-9H2,1H3. The first-order chi connectivity index (χ1) is 7.27. The Morgan fingerprint density at radius 1 is 1.40 bits per heavy atom. The molecule has 82 valence electrons. The molecule has 1 heterocycles. The van der Waals surface area contributed by atoms with Crippen LogP contribution in [-0.2, 0) is 11.2 Å². The molecule has 0 spiro atoms. The zero-order valence-corrected chi connectivity index (χ0v) is 10.7. The highest BCUT2D eigenvalue weighted by molar-refractivity contribution is 9.09. The molecule has 1 nitrogen and oxygen atoms in total. The van der Waals surface area contributed by atoms with Crippen molar-refractivity contribution >= 4 is 15.9 Å². The molecular weight excluding hydrogens is 252 g/mol. The summed E-state index contributed by atoms with van der Waals surface area (Å²) < 4.78 is 5.53. The van der Waals surface area contributed by atoms with Gasteiger partial charge in [-0.3, -0.25) is 0 Å². The fraction of sp³-hybridized carbons (Fsp3) is 0.538. The minimum absolute atomic E-state index is 0.617. The second kappa shape index (κ2) is 5.13. The third-order valence-corrected chi connectivity index (χ3v) is 4.33. The van der Waals surface area contributed by atoms with Gasteiger partial charge in [-0.25, -0.2) is 0 Å². The first kappa shape index (κ1) is 11.2. The van der Waals surface area contributed by atoms with Gasteiger partial charge in [0, 0.05) is 11.4 Å². The van der Waals surface area contributed by atoms with Gasteiger partial charge in [-0.05, 0) is 36.8 Å². The van der Waals surface area contributed by atoms with E-state index in [4.69, 9.17) is 4.74 Å². The summed E-state index contributed by atoms with van der Waals surface area (Å²) in [4.78, 5) is 0.617. The van der Waals surface area contributed by atoms with Crippen molar-refractivity contribution in [1.82, 2.24) is 0 Å². The highest BCUT2D eigenvalue weighted by Crippen LogP contribution is 2.26. The van der Waals surface area contributed by atoms with Gasteiger partial charge in [0.2, 0.25) is 0 Å². The van der Waals surface area contributed by atoms with Crippen molar-refractivity contribution in [1.29, 1.82) is 0 Å². The van der Waals surface area contributed by atoms with Crippen LogP contribution in [0.2, 0.25) is 0 Å². The van der Waals surface area contributed by atoms with Crippen LogP contribution in [0.25, 0.3) is 0 Å². The predicted octanol–water partition coefficient (Wildman–Crippen LogP) is 3.34. The molecular formula is C13H17BrO. The SMILES string of the molecule is Cc1ccccc1CC1COCCC1Br. The number of benzene rings is 1. The van der Waals surface area contributed by atoms with Crippen LogP contribution >= 0.6 is 15.9 Å². The van der Waals surface area contributed by atoms with Crippen LogP contribution in [0, 0.1) is 12.8 Å². The largest absolute Gasteiger partial charge is 0.381 e. The van der Waals surface area contributed by atoms with Crippen molar-refractivity contribution in [2.45, 2.75) is 24.6 Å².